The molecule has 92 valence electrons. The van der Waals surface area contributed by atoms with Crippen LogP contribution in [0.1, 0.15) is 6.42 Å². The van der Waals surface area contributed by atoms with Crippen molar-refractivity contribution in [3.05, 3.63) is 34.4 Å². The molecule has 2 atom stereocenters. The van der Waals surface area contributed by atoms with Gasteiger partial charge >= 0.3 is 0 Å². The first-order valence-electron chi connectivity index (χ1n) is 5.47. The van der Waals surface area contributed by atoms with E-state index in [-0.39, 0.29) is 11.8 Å². The minimum Gasteiger partial charge on any atom is -0.488 e. The van der Waals surface area contributed by atoms with Crippen molar-refractivity contribution in [1.82, 2.24) is 5.32 Å². The normalized spacial score (nSPS) is 24.3. The Morgan fingerprint density at radius 3 is 2.71 bits per heavy atom. The van der Waals surface area contributed by atoms with Gasteiger partial charge in [-0.3, -0.25) is 10.1 Å². The maximum Gasteiger partial charge on any atom is 0.269 e. The van der Waals surface area contributed by atoms with E-state index in [1.165, 1.54) is 12.1 Å². The number of benzene rings is 1. The number of hydrogen-bond acceptors (Lipinski definition) is 5. The van der Waals surface area contributed by atoms with Crippen LogP contribution in [-0.4, -0.2) is 35.3 Å². The van der Waals surface area contributed by atoms with E-state index < -0.39 is 11.0 Å². The van der Waals surface area contributed by atoms with Crippen LogP contribution < -0.4 is 10.1 Å². The second-order valence-electron chi connectivity index (χ2n) is 3.97. The number of nitro groups is 1. The zero-order valence-corrected chi connectivity index (χ0v) is 9.20. The van der Waals surface area contributed by atoms with Crippen LogP contribution in [0, 0.1) is 10.1 Å². The lowest BCUT2D eigenvalue weighted by Crippen LogP contribution is -2.46. The molecule has 0 amide bonds. The average Bonchev–Trinajstić information content (AvgIpc) is 2.33. The van der Waals surface area contributed by atoms with E-state index in [2.05, 4.69) is 5.32 Å². The van der Waals surface area contributed by atoms with E-state index in [1.807, 2.05) is 0 Å². The van der Waals surface area contributed by atoms with Crippen LogP contribution in [0.5, 0.6) is 5.75 Å². The Morgan fingerprint density at radius 2 is 2.12 bits per heavy atom. The summed E-state index contributed by atoms with van der Waals surface area (Å²) in [4.78, 5) is 10.0. The number of hydrogen-bond donors (Lipinski definition) is 2. The van der Waals surface area contributed by atoms with Gasteiger partial charge in [-0.2, -0.15) is 0 Å². The highest BCUT2D eigenvalue weighted by Crippen LogP contribution is 2.20. The molecule has 1 aliphatic rings. The Balaban J connectivity index is 2.00. The van der Waals surface area contributed by atoms with Crippen molar-refractivity contribution >= 4 is 5.69 Å². The molecule has 1 heterocycles. The number of aliphatic hydroxyl groups excluding tert-OH is 1. The summed E-state index contributed by atoms with van der Waals surface area (Å²) in [6.45, 7) is 1.31. The molecular weight excluding hydrogens is 224 g/mol. The first-order valence-corrected chi connectivity index (χ1v) is 5.47. The monoisotopic (exact) mass is 238 g/mol. The molecule has 2 unspecified atom stereocenters. The Labute approximate surface area is 98.4 Å². The maximum absolute atomic E-state index is 10.5. The molecule has 1 aliphatic heterocycles. The van der Waals surface area contributed by atoms with E-state index >= 15 is 0 Å². The fourth-order valence-corrected chi connectivity index (χ4v) is 1.78. The summed E-state index contributed by atoms with van der Waals surface area (Å²) < 4.78 is 5.59. The predicted octanol–water partition coefficient (Wildman–Crippen LogP) is 0.696. The minimum atomic E-state index is -0.543. The van der Waals surface area contributed by atoms with Crippen LogP contribution >= 0.6 is 0 Å². The molecule has 0 radical (unpaired) electrons. The van der Waals surface area contributed by atoms with E-state index in [0.29, 0.717) is 12.3 Å². The lowest BCUT2D eigenvalue weighted by Gasteiger charge is -2.28. The van der Waals surface area contributed by atoms with Crippen LogP contribution in [0.25, 0.3) is 0 Å². The predicted molar refractivity (Wildman–Crippen MR) is 61.0 cm³/mol. The zero-order valence-electron chi connectivity index (χ0n) is 9.20. The summed E-state index contributed by atoms with van der Waals surface area (Å²) in [5.74, 6) is 0.543. The highest BCUT2D eigenvalue weighted by Gasteiger charge is 2.24. The molecule has 1 saturated heterocycles. The molecule has 6 heteroatoms. The Bertz CT molecular complexity index is 393. The van der Waals surface area contributed by atoms with Gasteiger partial charge in [0.1, 0.15) is 18.0 Å². The van der Waals surface area contributed by atoms with Crippen molar-refractivity contribution in [2.45, 2.75) is 18.6 Å². The van der Waals surface area contributed by atoms with E-state index in [9.17, 15) is 15.2 Å². The van der Waals surface area contributed by atoms with Crippen LogP contribution in [0.4, 0.5) is 5.69 Å². The van der Waals surface area contributed by atoms with Gasteiger partial charge in [-0.1, -0.05) is 0 Å². The minimum absolute atomic E-state index is 0.0307. The number of ether oxygens (including phenoxy) is 1. The summed E-state index contributed by atoms with van der Waals surface area (Å²) in [5, 5.41) is 23.2. The molecule has 1 aromatic rings. The molecule has 6 nitrogen and oxygen atoms in total. The van der Waals surface area contributed by atoms with Crippen LogP contribution in [0.15, 0.2) is 24.3 Å². The van der Waals surface area contributed by atoms with Gasteiger partial charge < -0.3 is 15.2 Å². The van der Waals surface area contributed by atoms with Crippen molar-refractivity contribution < 1.29 is 14.8 Å². The molecule has 2 N–H and O–H groups in total. The molecule has 1 aromatic carbocycles. The highest BCUT2D eigenvalue weighted by molar-refractivity contribution is 5.36. The standard InChI is InChI=1S/C11H14N2O4/c14-10-7-12-6-5-11(10)17-9-3-1-8(2-4-9)13(15)16/h1-4,10-12,14H,5-7H2. The molecule has 0 saturated carbocycles. The van der Waals surface area contributed by atoms with Gasteiger partial charge in [0.05, 0.1) is 4.92 Å². The highest BCUT2D eigenvalue weighted by atomic mass is 16.6. The topological polar surface area (TPSA) is 84.6 Å². The fraction of sp³-hybridized carbons (Fsp3) is 0.455. The number of piperidine rings is 1. The van der Waals surface area contributed by atoms with Crippen molar-refractivity contribution in [3.63, 3.8) is 0 Å². The van der Waals surface area contributed by atoms with Crippen LogP contribution in [-0.2, 0) is 0 Å². The quantitative estimate of drug-likeness (QED) is 0.598. The van der Waals surface area contributed by atoms with Crippen molar-refractivity contribution in [2.24, 2.45) is 0 Å². The van der Waals surface area contributed by atoms with Gasteiger partial charge in [-0.15, -0.1) is 0 Å². The SMILES string of the molecule is O=[N+]([O-])c1ccc(OC2CCNCC2O)cc1. The summed E-state index contributed by atoms with van der Waals surface area (Å²) >= 11 is 0. The summed E-state index contributed by atoms with van der Waals surface area (Å²) in [5.41, 5.74) is 0.0307. The number of nitro benzene ring substituents is 1. The Kier molecular flexibility index (Phi) is 3.55. The lowest BCUT2D eigenvalue weighted by molar-refractivity contribution is -0.384. The average molecular weight is 238 g/mol. The van der Waals surface area contributed by atoms with Gasteiger partial charge in [-0.25, -0.2) is 0 Å². The Morgan fingerprint density at radius 1 is 1.41 bits per heavy atom. The molecule has 0 bridgehead atoms. The summed E-state index contributed by atoms with van der Waals surface area (Å²) in [6.07, 6.45) is -0.0744. The maximum atomic E-state index is 10.5. The molecule has 1 fully saturated rings. The van der Waals surface area contributed by atoms with E-state index in [1.54, 1.807) is 12.1 Å². The largest absolute Gasteiger partial charge is 0.488 e. The van der Waals surface area contributed by atoms with Crippen molar-refractivity contribution in [2.75, 3.05) is 13.1 Å². The zero-order chi connectivity index (χ0) is 12.3. The van der Waals surface area contributed by atoms with Crippen molar-refractivity contribution in [3.8, 4) is 5.75 Å². The number of aliphatic hydroxyl groups is 1. The first kappa shape index (κ1) is 11.8. The molecule has 0 aromatic heterocycles. The number of nitrogens with one attached hydrogen (secondary N) is 1. The smallest absolute Gasteiger partial charge is 0.269 e. The molecular formula is C11H14N2O4. The second kappa shape index (κ2) is 5.11. The van der Waals surface area contributed by atoms with Crippen molar-refractivity contribution in [1.29, 1.82) is 0 Å². The second-order valence-corrected chi connectivity index (χ2v) is 3.97. The third kappa shape index (κ3) is 2.92. The Hall–Kier alpha value is -1.66. The van der Waals surface area contributed by atoms with E-state index in [0.717, 1.165) is 13.0 Å². The van der Waals surface area contributed by atoms with Crippen LogP contribution in [0.2, 0.25) is 0 Å². The fourth-order valence-electron chi connectivity index (χ4n) is 1.78. The van der Waals surface area contributed by atoms with Gasteiger partial charge in [0.25, 0.3) is 5.69 Å². The van der Waals surface area contributed by atoms with Gasteiger partial charge in [0, 0.05) is 18.7 Å². The van der Waals surface area contributed by atoms with Gasteiger partial charge in [0.15, 0.2) is 0 Å². The first-order chi connectivity index (χ1) is 8.16. The molecule has 2 rings (SSSR count). The summed E-state index contributed by atoms with van der Waals surface area (Å²) in [7, 11) is 0. The summed E-state index contributed by atoms with van der Waals surface area (Å²) in [6, 6.07) is 5.88. The van der Waals surface area contributed by atoms with Gasteiger partial charge in [0.2, 0.25) is 0 Å². The molecule has 17 heavy (non-hydrogen) atoms. The third-order valence-electron chi connectivity index (χ3n) is 2.72. The number of non-ortho nitro benzene ring substituents is 1. The van der Waals surface area contributed by atoms with Gasteiger partial charge in [-0.05, 0) is 25.1 Å². The van der Waals surface area contributed by atoms with E-state index in [4.69, 9.17) is 4.74 Å². The number of rotatable bonds is 3. The third-order valence-corrected chi connectivity index (χ3v) is 2.72. The number of β-amino-alcohol motifs (C(OH)–C–C–N with tert-alkyl or cyclic N) is 1. The molecule has 0 spiro atoms. The number of nitrogens with zero attached hydrogens (tertiary/aromatic N) is 1. The lowest BCUT2D eigenvalue weighted by atomic mass is 10.1. The van der Waals surface area contributed by atoms with Crippen LogP contribution in [0.3, 0.4) is 0 Å². The molecule has 0 aliphatic carbocycles.